The number of rotatable bonds is 4. The number of benzene rings is 1. The van der Waals surface area contributed by atoms with Gasteiger partial charge in [0.05, 0.1) is 0 Å². The van der Waals surface area contributed by atoms with Gasteiger partial charge in [-0.1, -0.05) is 23.7 Å². The molecule has 0 aliphatic heterocycles. The average Bonchev–Trinajstić information content (AvgIpc) is 2.87. The summed E-state index contributed by atoms with van der Waals surface area (Å²) in [6, 6.07) is 9.86. The van der Waals surface area contributed by atoms with Crippen molar-refractivity contribution >= 4 is 23.5 Å². The highest BCUT2D eigenvalue weighted by Crippen LogP contribution is 2.09. The number of H-pyrrole nitrogens is 1. The van der Waals surface area contributed by atoms with Crippen LogP contribution in [0.3, 0.4) is 0 Å². The quantitative estimate of drug-likeness (QED) is 0.802. The van der Waals surface area contributed by atoms with E-state index in [1.165, 1.54) is 12.1 Å². The van der Waals surface area contributed by atoms with Crippen LogP contribution in [0.15, 0.2) is 36.4 Å². The molecule has 98 valence electrons. The van der Waals surface area contributed by atoms with E-state index < -0.39 is 5.97 Å². The molecule has 0 spiro atoms. The number of hydrogen-bond acceptors (Lipinski definition) is 2. The molecule has 1 aromatic heterocycles. The maximum atomic E-state index is 11.8. The molecule has 1 heterocycles. The number of nitrogens with one attached hydrogen (secondary N) is 2. The normalized spacial score (nSPS) is 10.2. The Morgan fingerprint density at radius 2 is 1.74 bits per heavy atom. The Hall–Kier alpha value is -2.27. The van der Waals surface area contributed by atoms with Crippen LogP contribution in [0, 0.1) is 0 Å². The van der Waals surface area contributed by atoms with Gasteiger partial charge in [-0.05, 0) is 29.8 Å². The Bertz CT molecular complexity index is 605. The first-order valence-electron chi connectivity index (χ1n) is 5.51. The predicted molar refractivity (Wildman–Crippen MR) is 70.4 cm³/mol. The number of aromatic nitrogens is 1. The molecule has 0 atom stereocenters. The summed E-state index contributed by atoms with van der Waals surface area (Å²) in [6.45, 7) is 0.345. The van der Waals surface area contributed by atoms with Crippen LogP contribution < -0.4 is 5.32 Å². The second kappa shape index (κ2) is 5.58. The molecule has 5 nitrogen and oxygen atoms in total. The first-order valence-corrected chi connectivity index (χ1v) is 5.89. The van der Waals surface area contributed by atoms with Crippen molar-refractivity contribution < 1.29 is 14.7 Å². The van der Waals surface area contributed by atoms with Gasteiger partial charge in [-0.25, -0.2) is 4.79 Å². The topological polar surface area (TPSA) is 82.2 Å². The lowest BCUT2D eigenvalue weighted by Gasteiger charge is -2.04. The van der Waals surface area contributed by atoms with Crippen molar-refractivity contribution in [2.45, 2.75) is 6.54 Å². The van der Waals surface area contributed by atoms with Crippen molar-refractivity contribution in [1.82, 2.24) is 10.3 Å². The zero-order valence-electron chi connectivity index (χ0n) is 9.81. The van der Waals surface area contributed by atoms with E-state index in [0.717, 1.165) is 5.56 Å². The van der Waals surface area contributed by atoms with Crippen molar-refractivity contribution in [3.05, 3.63) is 58.4 Å². The lowest BCUT2D eigenvalue weighted by atomic mass is 10.2. The number of aromatic amines is 1. The van der Waals surface area contributed by atoms with Crippen molar-refractivity contribution in [3.8, 4) is 0 Å². The molecule has 3 N–H and O–H groups in total. The molecule has 0 unspecified atom stereocenters. The minimum atomic E-state index is -1.10. The molecule has 19 heavy (non-hydrogen) atoms. The van der Waals surface area contributed by atoms with E-state index in [1.54, 1.807) is 24.3 Å². The summed E-state index contributed by atoms with van der Waals surface area (Å²) in [6.07, 6.45) is 0. The summed E-state index contributed by atoms with van der Waals surface area (Å²) >= 11 is 5.75. The third-order valence-electron chi connectivity index (χ3n) is 2.53. The van der Waals surface area contributed by atoms with E-state index in [-0.39, 0.29) is 17.3 Å². The molecular formula is C13H11ClN2O3. The van der Waals surface area contributed by atoms with Crippen LogP contribution in [0.5, 0.6) is 0 Å². The van der Waals surface area contributed by atoms with Gasteiger partial charge in [-0.15, -0.1) is 0 Å². The van der Waals surface area contributed by atoms with Gasteiger partial charge < -0.3 is 15.4 Å². The zero-order chi connectivity index (χ0) is 13.8. The average molecular weight is 279 g/mol. The molecule has 0 saturated carbocycles. The van der Waals surface area contributed by atoms with Gasteiger partial charge in [-0.2, -0.15) is 0 Å². The van der Waals surface area contributed by atoms with E-state index in [4.69, 9.17) is 16.7 Å². The summed E-state index contributed by atoms with van der Waals surface area (Å²) in [7, 11) is 0. The van der Waals surface area contributed by atoms with Crippen LogP contribution in [0.25, 0.3) is 0 Å². The van der Waals surface area contributed by atoms with Gasteiger partial charge in [0.15, 0.2) is 0 Å². The van der Waals surface area contributed by atoms with Gasteiger partial charge in [0, 0.05) is 11.6 Å². The number of hydrogen-bond donors (Lipinski definition) is 3. The molecule has 0 aliphatic carbocycles. The third kappa shape index (κ3) is 3.35. The van der Waals surface area contributed by atoms with Crippen molar-refractivity contribution in [1.29, 1.82) is 0 Å². The van der Waals surface area contributed by atoms with E-state index in [9.17, 15) is 9.59 Å². The first kappa shape index (κ1) is 13.2. The second-order valence-corrected chi connectivity index (χ2v) is 4.34. The van der Waals surface area contributed by atoms with Crippen molar-refractivity contribution in [3.63, 3.8) is 0 Å². The van der Waals surface area contributed by atoms with Crippen LogP contribution in [0.4, 0.5) is 0 Å². The van der Waals surface area contributed by atoms with Gasteiger partial charge in [0.1, 0.15) is 11.4 Å². The second-order valence-electron chi connectivity index (χ2n) is 3.90. The standard InChI is InChI=1S/C13H11ClN2O3/c14-9-3-1-8(2-4-9)7-15-12(17)10-5-6-11(16-10)13(18)19/h1-6,16H,7H2,(H,15,17)(H,18,19). The van der Waals surface area contributed by atoms with Crippen LogP contribution in [0.2, 0.25) is 5.02 Å². The maximum Gasteiger partial charge on any atom is 0.352 e. The Kier molecular flexibility index (Phi) is 3.87. The fraction of sp³-hybridized carbons (Fsp3) is 0.0769. The molecule has 2 rings (SSSR count). The van der Waals surface area contributed by atoms with Gasteiger partial charge in [0.25, 0.3) is 5.91 Å². The Labute approximate surface area is 114 Å². The molecule has 6 heteroatoms. The maximum absolute atomic E-state index is 11.8. The fourth-order valence-electron chi connectivity index (χ4n) is 1.53. The minimum Gasteiger partial charge on any atom is -0.477 e. The highest BCUT2D eigenvalue weighted by Gasteiger charge is 2.11. The van der Waals surface area contributed by atoms with Crippen LogP contribution in [0.1, 0.15) is 26.5 Å². The molecule has 2 aromatic rings. The Morgan fingerprint density at radius 3 is 2.32 bits per heavy atom. The largest absolute Gasteiger partial charge is 0.477 e. The smallest absolute Gasteiger partial charge is 0.352 e. The molecule has 0 saturated heterocycles. The first-order chi connectivity index (χ1) is 9.06. The summed E-state index contributed by atoms with van der Waals surface area (Å²) in [4.78, 5) is 25.0. The number of aromatic carboxylic acids is 1. The Morgan fingerprint density at radius 1 is 1.11 bits per heavy atom. The molecule has 1 aromatic carbocycles. The Balaban J connectivity index is 1.97. The lowest BCUT2D eigenvalue weighted by Crippen LogP contribution is -2.23. The van der Waals surface area contributed by atoms with Crippen LogP contribution in [-0.2, 0) is 6.54 Å². The monoisotopic (exact) mass is 278 g/mol. The molecule has 0 aliphatic rings. The van der Waals surface area contributed by atoms with E-state index in [1.807, 2.05) is 0 Å². The van der Waals surface area contributed by atoms with Crippen molar-refractivity contribution in [2.24, 2.45) is 0 Å². The van der Waals surface area contributed by atoms with Crippen LogP contribution in [-0.4, -0.2) is 22.0 Å². The molecule has 0 radical (unpaired) electrons. The molecule has 1 amide bonds. The number of carboxylic acids is 1. The van der Waals surface area contributed by atoms with Crippen molar-refractivity contribution in [2.75, 3.05) is 0 Å². The van der Waals surface area contributed by atoms with Gasteiger partial charge in [-0.3, -0.25) is 4.79 Å². The number of amides is 1. The highest BCUT2D eigenvalue weighted by molar-refractivity contribution is 6.30. The molecule has 0 bridgehead atoms. The van der Waals surface area contributed by atoms with Gasteiger partial charge >= 0.3 is 5.97 Å². The number of carbonyl (C=O) groups excluding carboxylic acids is 1. The van der Waals surface area contributed by atoms with E-state index >= 15 is 0 Å². The predicted octanol–water partition coefficient (Wildman–Crippen LogP) is 2.30. The number of carboxylic acid groups (broad SMARTS) is 1. The molecule has 0 fully saturated rings. The SMILES string of the molecule is O=C(O)c1ccc(C(=O)NCc2ccc(Cl)cc2)[nH]1. The number of carbonyl (C=O) groups is 2. The van der Waals surface area contributed by atoms with Gasteiger partial charge in [0.2, 0.25) is 0 Å². The summed E-state index contributed by atoms with van der Waals surface area (Å²) in [5, 5.41) is 12.0. The van der Waals surface area contributed by atoms with E-state index in [0.29, 0.717) is 11.6 Å². The lowest BCUT2D eigenvalue weighted by molar-refractivity contribution is 0.0691. The summed E-state index contributed by atoms with van der Waals surface area (Å²) in [5.74, 6) is -1.46. The highest BCUT2D eigenvalue weighted by atomic mass is 35.5. The molecular weight excluding hydrogens is 268 g/mol. The third-order valence-corrected chi connectivity index (χ3v) is 2.78. The number of halogens is 1. The zero-order valence-corrected chi connectivity index (χ0v) is 10.6. The van der Waals surface area contributed by atoms with E-state index in [2.05, 4.69) is 10.3 Å². The van der Waals surface area contributed by atoms with Crippen LogP contribution >= 0.6 is 11.6 Å². The summed E-state index contributed by atoms with van der Waals surface area (Å²) < 4.78 is 0. The fourth-order valence-corrected chi connectivity index (χ4v) is 1.66. The summed E-state index contributed by atoms with van der Waals surface area (Å²) in [5.41, 5.74) is 1.10. The minimum absolute atomic E-state index is 0.0170.